The van der Waals surface area contributed by atoms with Crippen LogP contribution in [-0.2, 0) is 19.5 Å². The van der Waals surface area contributed by atoms with E-state index < -0.39 is 0 Å². The normalized spacial score (nSPS) is 11.3. The predicted octanol–water partition coefficient (Wildman–Crippen LogP) is 5.47. The summed E-state index contributed by atoms with van der Waals surface area (Å²) in [6, 6.07) is 12.7. The first-order valence-electron chi connectivity index (χ1n) is 6.72. The quantitative estimate of drug-likeness (QED) is 0.657. The highest BCUT2D eigenvalue weighted by Crippen LogP contribution is 2.35. The molecule has 3 aromatic rings. The van der Waals surface area contributed by atoms with Crippen molar-refractivity contribution in [2.24, 2.45) is 0 Å². The van der Waals surface area contributed by atoms with Gasteiger partial charge in [0.15, 0.2) is 0 Å². The largest absolute Gasteiger partial charge is 0.307 e. The van der Waals surface area contributed by atoms with E-state index in [9.17, 15) is 0 Å². The fourth-order valence-electron chi connectivity index (χ4n) is 2.18. The number of rotatable bonds is 5. The molecule has 1 aromatic carbocycles. The number of halogens is 1. The van der Waals surface area contributed by atoms with Gasteiger partial charge in [0.1, 0.15) is 0 Å². The van der Waals surface area contributed by atoms with Crippen molar-refractivity contribution in [2.75, 3.05) is 0 Å². The van der Waals surface area contributed by atoms with E-state index in [0.717, 1.165) is 24.5 Å². The van der Waals surface area contributed by atoms with Crippen LogP contribution >= 0.6 is 34.3 Å². The lowest BCUT2D eigenvalue weighted by Gasteiger charge is -2.01. The van der Waals surface area contributed by atoms with Gasteiger partial charge in [-0.2, -0.15) is 0 Å². The molecular formula is C16H16ClNS2. The molecule has 0 amide bonds. The van der Waals surface area contributed by atoms with Gasteiger partial charge in [0.05, 0.1) is 5.02 Å². The average Bonchev–Trinajstić information content (AvgIpc) is 3.05. The van der Waals surface area contributed by atoms with Gasteiger partial charge in [-0.25, -0.2) is 0 Å². The molecule has 0 aliphatic heterocycles. The van der Waals surface area contributed by atoms with Crippen LogP contribution < -0.4 is 5.32 Å². The summed E-state index contributed by atoms with van der Waals surface area (Å²) in [5.41, 5.74) is 0. The van der Waals surface area contributed by atoms with E-state index in [4.69, 9.17) is 11.6 Å². The number of aryl methyl sites for hydroxylation is 1. The molecule has 1 nitrogen and oxygen atoms in total. The van der Waals surface area contributed by atoms with Gasteiger partial charge in [-0.3, -0.25) is 0 Å². The van der Waals surface area contributed by atoms with E-state index in [0.29, 0.717) is 0 Å². The van der Waals surface area contributed by atoms with Crippen molar-refractivity contribution in [3.05, 3.63) is 56.1 Å². The van der Waals surface area contributed by atoms with Crippen LogP contribution in [0.2, 0.25) is 5.02 Å². The Morgan fingerprint density at radius 2 is 1.80 bits per heavy atom. The highest BCUT2D eigenvalue weighted by Gasteiger charge is 2.09. The summed E-state index contributed by atoms with van der Waals surface area (Å²) in [6.07, 6.45) is 1.12. The van der Waals surface area contributed by atoms with Crippen molar-refractivity contribution in [1.82, 2.24) is 5.32 Å². The summed E-state index contributed by atoms with van der Waals surface area (Å²) >= 11 is 10.1. The number of nitrogens with one attached hydrogen (secondary N) is 1. The van der Waals surface area contributed by atoms with Crippen molar-refractivity contribution in [2.45, 2.75) is 26.4 Å². The third-order valence-corrected chi connectivity index (χ3v) is 6.20. The van der Waals surface area contributed by atoms with E-state index in [1.807, 2.05) is 17.4 Å². The molecule has 0 spiro atoms. The molecule has 1 N–H and O–H groups in total. The minimum atomic E-state index is 0.831. The Balaban J connectivity index is 1.66. The van der Waals surface area contributed by atoms with Crippen LogP contribution in [0.3, 0.4) is 0 Å². The van der Waals surface area contributed by atoms with Crippen LogP contribution in [0.4, 0.5) is 0 Å². The fourth-order valence-corrected chi connectivity index (χ4v) is 4.58. The van der Waals surface area contributed by atoms with Crippen LogP contribution in [0.1, 0.15) is 21.6 Å². The molecule has 0 saturated carbocycles. The Morgan fingerprint density at radius 1 is 1.00 bits per heavy atom. The van der Waals surface area contributed by atoms with Crippen LogP contribution in [0.25, 0.3) is 10.1 Å². The van der Waals surface area contributed by atoms with Gasteiger partial charge in [0.2, 0.25) is 0 Å². The molecule has 104 valence electrons. The second-order valence-corrected chi connectivity index (χ2v) is 7.43. The molecular weight excluding hydrogens is 306 g/mol. The first-order valence-corrected chi connectivity index (χ1v) is 8.73. The Bertz CT molecular complexity index is 714. The number of thiophene rings is 2. The monoisotopic (exact) mass is 321 g/mol. The summed E-state index contributed by atoms with van der Waals surface area (Å²) < 4.78 is 1.26. The standard InChI is InChI=1S/C16H16ClNS2/c1-2-11-7-8-12(19-11)9-18-10-15-16(17)13-5-3-4-6-14(13)20-15/h3-8,18H,2,9-10H2,1H3. The minimum Gasteiger partial charge on any atom is -0.307 e. The van der Waals surface area contributed by atoms with Crippen molar-refractivity contribution in [1.29, 1.82) is 0 Å². The number of benzene rings is 1. The summed E-state index contributed by atoms with van der Waals surface area (Å²) in [5.74, 6) is 0. The zero-order valence-corrected chi connectivity index (χ0v) is 13.7. The molecule has 0 aliphatic carbocycles. The number of fused-ring (bicyclic) bond motifs is 1. The molecule has 0 saturated heterocycles. The fraction of sp³-hybridized carbons (Fsp3) is 0.250. The number of hydrogen-bond donors (Lipinski definition) is 1. The van der Waals surface area contributed by atoms with Crippen molar-refractivity contribution in [3.63, 3.8) is 0 Å². The summed E-state index contributed by atoms with van der Waals surface area (Å²) in [5, 5.41) is 5.56. The second-order valence-electron chi connectivity index (χ2n) is 4.66. The van der Waals surface area contributed by atoms with Crippen LogP contribution in [-0.4, -0.2) is 0 Å². The molecule has 0 radical (unpaired) electrons. The molecule has 0 aliphatic rings. The van der Waals surface area contributed by atoms with Gasteiger partial charge in [0, 0.05) is 37.8 Å². The van der Waals surface area contributed by atoms with Crippen LogP contribution in [0.15, 0.2) is 36.4 Å². The van der Waals surface area contributed by atoms with Gasteiger partial charge >= 0.3 is 0 Å². The molecule has 0 bridgehead atoms. The summed E-state index contributed by atoms with van der Waals surface area (Å²) in [7, 11) is 0. The maximum Gasteiger partial charge on any atom is 0.0636 e. The minimum absolute atomic E-state index is 0.831. The van der Waals surface area contributed by atoms with E-state index in [2.05, 4.69) is 42.6 Å². The second kappa shape index (κ2) is 6.27. The zero-order valence-electron chi connectivity index (χ0n) is 11.3. The Morgan fingerprint density at radius 3 is 2.55 bits per heavy atom. The van der Waals surface area contributed by atoms with Gasteiger partial charge in [-0.15, -0.1) is 22.7 Å². The van der Waals surface area contributed by atoms with Gasteiger partial charge in [-0.1, -0.05) is 36.7 Å². The maximum atomic E-state index is 6.44. The van der Waals surface area contributed by atoms with Crippen molar-refractivity contribution in [3.8, 4) is 0 Å². The van der Waals surface area contributed by atoms with Crippen molar-refractivity contribution < 1.29 is 0 Å². The lowest BCUT2D eigenvalue weighted by atomic mass is 10.2. The molecule has 2 aromatic heterocycles. The molecule has 3 rings (SSSR count). The highest BCUT2D eigenvalue weighted by molar-refractivity contribution is 7.19. The van der Waals surface area contributed by atoms with Crippen molar-refractivity contribution >= 4 is 44.4 Å². The first-order chi connectivity index (χ1) is 9.78. The van der Waals surface area contributed by atoms with Gasteiger partial charge in [-0.05, 0) is 24.6 Å². The van der Waals surface area contributed by atoms with E-state index >= 15 is 0 Å². The van der Waals surface area contributed by atoms with Gasteiger partial charge in [0.25, 0.3) is 0 Å². The maximum absolute atomic E-state index is 6.44. The third-order valence-electron chi connectivity index (χ3n) is 3.25. The molecule has 2 heterocycles. The smallest absolute Gasteiger partial charge is 0.0636 e. The molecule has 4 heteroatoms. The zero-order chi connectivity index (χ0) is 13.9. The van der Waals surface area contributed by atoms with Crippen LogP contribution in [0.5, 0.6) is 0 Å². The Labute approximate surface area is 132 Å². The number of hydrogen-bond acceptors (Lipinski definition) is 3. The lowest BCUT2D eigenvalue weighted by molar-refractivity contribution is 0.709. The molecule has 20 heavy (non-hydrogen) atoms. The molecule has 0 unspecified atom stereocenters. The predicted molar refractivity (Wildman–Crippen MR) is 91.1 cm³/mol. The Kier molecular flexibility index (Phi) is 4.41. The summed E-state index contributed by atoms with van der Waals surface area (Å²) in [6.45, 7) is 3.94. The molecule has 0 fully saturated rings. The third kappa shape index (κ3) is 2.91. The molecule has 0 atom stereocenters. The van der Waals surface area contributed by atoms with E-state index in [-0.39, 0.29) is 0 Å². The first kappa shape index (κ1) is 14.1. The van der Waals surface area contributed by atoms with Crippen LogP contribution in [0, 0.1) is 0 Å². The van der Waals surface area contributed by atoms with Gasteiger partial charge < -0.3 is 5.32 Å². The summed E-state index contributed by atoms with van der Waals surface area (Å²) in [4.78, 5) is 4.06. The lowest BCUT2D eigenvalue weighted by Crippen LogP contribution is -2.10. The SMILES string of the molecule is CCc1ccc(CNCc2sc3ccccc3c2Cl)s1. The Hall–Kier alpha value is -0.870. The average molecular weight is 322 g/mol. The topological polar surface area (TPSA) is 12.0 Å². The van der Waals surface area contributed by atoms with E-state index in [1.165, 1.54) is 24.7 Å². The highest BCUT2D eigenvalue weighted by atomic mass is 35.5. The van der Waals surface area contributed by atoms with E-state index in [1.54, 1.807) is 11.3 Å².